The maximum absolute atomic E-state index is 11.9. The van der Waals surface area contributed by atoms with Crippen molar-refractivity contribution >= 4 is 40.7 Å². The van der Waals surface area contributed by atoms with Crippen molar-refractivity contribution in [1.82, 2.24) is 21.5 Å². The molecule has 1 fully saturated rings. The third kappa shape index (κ3) is 5.98. The van der Waals surface area contributed by atoms with E-state index in [0.29, 0.717) is 21.7 Å². The van der Waals surface area contributed by atoms with E-state index in [1.807, 2.05) is 0 Å². The van der Waals surface area contributed by atoms with Gasteiger partial charge < -0.3 is 10.6 Å². The van der Waals surface area contributed by atoms with Gasteiger partial charge in [-0.15, -0.1) is 0 Å². The van der Waals surface area contributed by atoms with Gasteiger partial charge in [0.05, 0.1) is 10.6 Å². The molecule has 24 heavy (non-hydrogen) atoms. The van der Waals surface area contributed by atoms with Gasteiger partial charge in [0.25, 0.3) is 5.91 Å². The molecule has 0 unspecified atom stereocenters. The minimum Gasteiger partial charge on any atom is -0.359 e. The van der Waals surface area contributed by atoms with Gasteiger partial charge >= 0.3 is 0 Å². The fourth-order valence-electron chi connectivity index (χ4n) is 2.51. The molecule has 1 aromatic carbocycles. The van der Waals surface area contributed by atoms with Gasteiger partial charge in [-0.2, -0.15) is 0 Å². The Morgan fingerprint density at radius 3 is 2.58 bits per heavy atom. The summed E-state index contributed by atoms with van der Waals surface area (Å²) in [5.74, 6) is -0.565. The molecule has 0 heterocycles. The Hall–Kier alpha value is -1.86. The normalized spacial score (nSPS) is 14.0. The highest BCUT2D eigenvalue weighted by atomic mass is 35.5. The number of hydrogen-bond donors (Lipinski definition) is 4. The van der Waals surface area contributed by atoms with E-state index in [1.54, 1.807) is 24.3 Å². The maximum Gasteiger partial charge on any atom is 0.252 e. The van der Waals surface area contributed by atoms with Crippen LogP contribution >= 0.6 is 23.8 Å². The summed E-state index contributed by atoms with van der Waals surface area (Å²) in [4.78, 5) is 23.7. The van der Waals surface area contributed by atoms with E-state index >= 15 is 0 Å². The highest BCUT2D eigenvalue weighted by Gasteiger charge is 2.15. The van der Waals surface area contributed by atoms with Crippen LogP contribution in [0.25, 0.3) is 0 Å². The standard InChI is InChI=1S/C16H21ClN4O2S/c17-13-8-4-3-7-12(13)15(23)18-10-9-14(22)20-21-16(24)19-11-5-1-2-6-11/h3-4,7-8,11H,1-2,5-6,9-10H2,(H,18,23)(H,20,22)(H2,19,21,24). The van der Waals surface area contributed by atoms with E-state index in [2.05, 4.69) is 21.5 Å². The zero-order valence-corrected chi connectivity index (χ0v) is 14.8. The highest BCUT2D eigenvalue weighted by molar-refractivity contribution is 7.80. The van der Waals surface area contributed by atoms with Crippen molar-refractivity contribution in [3.63, 3.8) is 0 Å². The molecule has 8 heteroatoms. The van der Waals surface area contributed by atoms with Crippen molar-refractivity contribution in [2.24, 2.45) is 0 Å². The molecule has 0 bridgehead atoms. The Balaban J connectivity index is 1.61. The smallest absolute Gasteiger partial charge is 0.252 e. The lowest BCUT2D eigenvalue weighted by molar-refractivity contribution is -0.121. The molecule has 1 saturated carbocycles. The van der Waals surface area contributed by atoms with Crippen molar-refractivity contribution in [3.8, 4) is 0 Å². The molecular weight excluding hydrogens is 348 g/mol. The van der Waals surface area contributed by atoms with E-state index in [1.165, 1.54) is 12.8 Å². The second kappa shape index (κ2) is 9.44. The van der Waals surface area contributed by atoms with Crippen molar-refractivity contribution in [3.05, 3.63) is 34.9 Å². The van der Waals surface area contributed by atoms with Gasteiger partial charge in [0.2, 0.25) is 5.91 Å². The number of hydrogen-bond acceptors (Lipinski definition) is 3. The van der Waals surface area contributed by atoms with Crippen molar-refractivity contribution in [2.75, 3.05) is 6.54 Å². The van der Waals surface area contributed by atoms with Gasteiger partial charge in [0.1, 0.15) is 0 Å². The van der Waals surface area contributed by atoms with Crippen LogP contribution in [0.5, 0.6) is 0 Å². The molecule has 4 N–H and O–H groups in total. The Bertz CT molecular complexity index is 605. The molecule has 0 aliphatic heterocycles. The lowest BCUT2D eigenvalue weighted by Crippen LogP contribution is -2.49. The summed E-state index contributed by atoms with van der Waals surface area (Å²) < 4.78 is 0. The lowest BCUT2D eigenvalue weighted by Gasteiger charge is -2.16. The van der Waals surface area contributed by atoms with Crippen molar-refractivity contribution in [1.29, 1.82) is 0 Å². The fraction of sp³-hybridized carbons (Fsp3) is 0.438. The van der Waals surface area contributed by atoms with E-state index in [9.17, 15) is 9.59 Å². The molecule has 1 aliphatic rings. The molecule has 1 aromatic rings. The number of halogens is 1. The number of amides is 2. The lowest BCUT2D eigenvalue weighted by atomic mass is 10.2. The minimum absolute atomic E-state index is 0.134. The zero-order chi connectivity index (χ0) is 17.4. The average Bonchev–Trinajstić information content (AvgIpc) is 3.06. The number of thiocarbonyl (C=S) groups is 1. The SMILES string of the molecule is O=C(CCNC(=O)c1ccccc1Cl)NNC(=S)NC1CCCC1. The van der Waals surface area contributed by atoms with Crippen LogP contribution in [-0.2, 0) is 4.79 Å². The maximum atomic E-state index is 11.9. The molecule has 0 saturated heterocycles. The average molecular weight is 369 g/mol. The molecule has 130 valence electrons. The van der Waals surface area contributed by atoms with Crippen LogP contribution in [0, 0.1) is 0 Å². The summed E-state index contributed by atoms with van der Waals surface area (Å²) in [6, 6.07) is 7.14. The second-order valence-electron chi connectivity index (χ2n) is 5.61. The second-order valence-corrected chi connectivity index (χ2v) is 6.43. The summed E-state index contributed by atoms with van der Waals surface area (Å²) >= 11 is 11.1. The molecular formula is C16H21ClN4O2S. The number of hydrazine groups is 1. The Labute approximate surface area is 151 Å². The topological polar surface area (TPSA) is 82.3 Å². The quantitative estimate of drug-likeness (QED) is 0.471. The largest absolute Gasteiger partial charge is 0.359 e. The van der Waals surface area contributed by atoms with Gasteiger partial charge in [-0.3, -0.25) is 20.4 Å². The Morgan fingerprint density at radius 2 is 1.88 bits per heavy atom. The first-order chi connectivity index (χ1) is 11.6. The molecule has 6 nitrogen and oxygen atoms in total. The predicted octanol–water partition coefficient (Wildman–Crippen LogP) is 1.90. The minimum atomic E-state index is -0.306. The van der Waals surface area contributed by atoms with E-state index in [-0.39, 0.29) is 24.8 Å². The number of nitrogens with one attached hydrogen (secondary N) is 4. The molecule has 0 spiro atoms. The van der Waals surface area contributed by atoms with Crippen LogP contribution in [-0.4, -0.2) is 29.5 Å². The fourth-order valence-corrected chi connectivity index (χ4v) is 2.95. The van der Waals surface area contributed by atoms with Crippen molar-refractivity contribution in [2.45, 2.75) is 38.1 Å². The van der Waals surface area contributed by atoms with Crippen LogP contribution in [0.2, 0.25) is 5.02 Å². The van der Waals surface area contributed by atoms with Gasteiger partial charge in [0.15, 0.2) is 5.11 Å². The van der Waals surface area contributed by atoms with Crippen LogP contribution in [0.4, 0.5) is 0 Å². The molecule has 0 radical (unpaired) electrons. The van der Waals surface area contributed by atoms with E-state index < -0.39 is 0 Å². The van der Waals surface area contributed by atoms with Crippen molar-refractivity contribution < 1.29 is 9.59 Å². The van der Waals surface area contributed by atoms with E-state index in [0.717, 1.165) is 12.8 Å². The van der Waals surface area contributed by atoms with Gasteiger partial charge in [-0.25, -0.2) is 0 Å². The monoisotopic (exact) mass is 368 g/mol. The third-order valence-electron chi connectivity index (χ3n) is 3.76. The molecule has 1 aliphatic carbocycles. The molecule has 2 amide bonds. The third-order valence-corrected chi connectivity index (χ3v) is 4.31. The molecule has 0 atom stereocenters. The zero-order valence-electron chi connectivity index (χ0n) is 13.2. The Kier molecular flexibility index (Phi) is 7.27. The van der Waals surface area contributed by atoms with Crippen LogP contribution in [0.15, 0.2) is 24.3 Å². The van der Waals surface area contributed by atoms with Gasteiger partial charge in [-0.1, -0.05) is 36.6 Å². The van der Waals surface area contributed by atoms with Crippen LogP contribution in [0.3, 0.4) is 0 Å². The summed E-state index contributed by atoms with van der Waals surface area (Å²) in [5.41, 5.74) is 5.58. The first-order valence-corrected chi connectivity index (χ1v) is 8.73. The Morgan fingerprint density at radius 1 is 1.17 bits per heavy atom. The first-order valence-electron chi connectivity index (χ1n) is 7.94. The highest BCUT2D eigenvalue weighted by Crippen LogP contribution is 2.17. The van der Waals surface area contributed by atoms with Crippen LogP contribution in [0.1, 0.15) is 42.5 Å². The van der Waals surface area contributed by atoms with E-state index in [4.69, 9.17) is 23.8 Å². The summed E-state index contributed by atoms with van der Waals surface area (Å²) in [6.45, 7) is 0.209. The number of carbonyl (C=O) groups excluding carboxylic acids is 2. The number of benzene rings is 1. The number of rotatable bonds is 5. The van der Waals surface area contributed by atoms with Gasteiger partial charge in [-0.05, 0) is 37.2 Å². The summed E-state index contributed by atoms with van der Waals surface area (Å²) in [7, 11) is 0. The predicted molar refractivity (Wildman–Crippen MR) is 97.7 cm³/mol. The summed E-state index contributed by atoms with van der Waals surface area (Å²) in [5, 5.41) is 6.61. The molecule has 0 aromatic heterocycles. The number of carbonyl (C=O) groups is 2. The summed E-state index contributed by atoms with van der Waals surface area (Å²) in [6.07, 6.45) is 4.75. The molecule has 2 rings (SSSR count). The van der Waals surface area contributed by atoms with Crippen LogP contribution < -0.4 is 21.5 Å². The van der Waals surface area contributed by atoms with Gasteiger partial charge in [0, 0.05) is 19.0 Å². The first kappa shape index (κ1) is 18.5.